The van der Waals surface area contributed by atoms with E-state index in [-0.39, 0.29) is 9.79 Å². The topological polar surface area (TPSA) is 111 Å². The Kier molecular flexibility index (Phi) is 8.42. The molecule has 1 aliphatic rings. The second-order valence-electron chi connectivity index (χ2n) is 8.45. The van der Waals surface area contributed by atoms with Crippen molar-refractivity contribution in [2.45, 2.75) is 23.6 Å². The van der Waals surface area contributed by atoms with Crippen molar-refractivity contribution >= 4 is 52.7 Å². The van der Waals surface area contributed by atoms with Crippen LogP contribution in [0, 0.1) is 20.0 Å². The van der Waals surface area contributed by atoms with Gasteiger partial charge < -0.3 is 0 Å². The number of pyridine rings is 2. The maximum absolute atomic E-state index is 12.5. The molecule has 0 fully saturated rings. The molecule has 6 rings (SSSR count). The molecular weight excluding hydrogens is 556 g/mol. The minimum absolute atomic E-state index is 0.143. The van der Waals surface area contributed by atoms with Gasteiger partial charge in [0.2, 0.25) is 0 Å². The van der Waals surface area contributed by atoms with Crippen molar-refractivity contribution in [3.63, 3.8) is 0 Å². The van der Waals surface area contributed by atoms with Crippen molar-refractivity contribution in [2.75, 3.05) is 5.32 Å². The van der Waals surface area contributed by atoms with Gasteiger partial charge in [-0.15, -0.1) is 0 Å². The van der Waals surface area contributed by atoms with Crippen molar-refractivity contribution in [3.05, 3.63) is 120 Å². The Hall–Kier alpha value is -4.08. The lowest BCUT2D eigenvalue weighted by Gasteiger charge is -2.07. The zero-order chi connectivity index (χ0) is 28.0. The van der Waals surface area contributed by atoms with E-state index in [1.807, 2.05) is 38.1 Å². The number of aryl methyl sites for hydroxylation is 2. The zero-order valence-electron chi connectivity index (χ0n) is 21.0. The van der Waals surface area contributed by atoms with E-state index in [1.54, 1.807) is 60.9 Å². The number of halogens is 1. The highest BCUT2D eigenvalue weighted by atomic mass is 35.7. The lowest BCUT2D eigenvalue weighted by atomic mass is 10.2. The van der Waals surface area contributed by atoms with Crippen molar-refractivity contribution in [1.29, 1.82) is 0 Å². The van der Waals surface area contributed by atoms with Crippen molar-refractivity contribution in [1.82, 2.24) is 13.9 Å². The molecule has 0 radical (unpaired) electrons. The number of anilines is 1. The van der Waals surface area contributed by atoms with Crippen LogP contribution < -0.4 is 5.32 Å². The number of fused-ring (bicyclic) bond motifs is 2. The third kappa shape index (κ3) is 6.87. The van der Waals surface area contributed by atoms with Gasteiger partial charge in [-0.25, -0.2) is 25.8 Å². The fourth-order valence-corrected chi connectivity index (χ4v) is 5.56. The van der Waals surface area contributed by atoms with Crippen LogP contribution >= 0.6 is 10.7 Å². The summed E-state index contributed by atoms with van der Waals surface area (Å²) >= 11 is 0. The van der Waals surface area contributed by atoms with Gasteiger partial charge in [-0.05, 0) is 62.4 Å². The second kappa shape index (κ2) is 11.8. The van der Waals surface area contributed by atoms with E-state index < -0.39 is 19.1 Å². The van der Waals surface area contributed by atoms with Gasteiger partial charge in [-0.3, -0.25) is 0 Å². The molecule has 5 aromatic rings. The van der Waals surface area contributed by atoms with E-state index in [4.69, 9.17) is 10.7 Å². The largest absolute Gasteiger partial charge is 0.293 e. The maximum atomic E-state index is 12.5. The highest BCUT2D eigenvalue weighted by molar-refractivity contribution is 8.13. The lowest BCUT2D eigenvalue weighted by molar-refractivity contribution is 0.588. The standard InChI is InChI=1S/C14H12N2O2S.C7H7ClO2S.C7H5N2/c1-11-4-6-13(7-5-11)19(17,18)16-10-8-12-3-2-9-15-14(12)16;1-6-2-4-7(5-3-6)11(8,9)10;1-2-6-3-5-9-7(6)8-4-1/h2-10H,1H3;2-5H,1H3;1-4H,(H,8,9)/q;;+1. The number of benzene rings is 2. The third-order valence-corrected chi connectivity index (χ3v) is 8.60. The van der Waals surface area contributed by atoms with Crippen molar-refractivity contribution in [2.24, 2.45) is 0 Å². The molecule has 1 aliphatic heterocycles. The van der Waals surface area contributed by atoms with Crippen LogP contribution in [0.1, 0.15) is 16.7 Å². The fraction of sp³-hybridized carbons (Fsp3) is 0.0714. The fourth-order valence-electron chi connectivity index (χ4n) is 3.48. The Morgan fingerprint density at radius 1 is 0.769 bits per heavy atom. The van der Waals surface area contributed by atoms with E-state index >= 15 is 0 Å². The number of rotatable bonds is 3. The van der Waals surface area contributed by atoms with E-state index in [0.29, 0.717) is 5.65 Å². The number of hydrogen-bond donors (Lipinski definition) is 1. The molecule has 0 atom stereocenters. The lowest BCUT2D eigenvalue weighted by Crippen LogP contribution is -2.12. The first kappa shape index (κ1) is 27.9. The Bertz CT molecular complexity index is 1830. The first-order valence-corrected chi connectivity index (χ1v) is 15.4. The molecule has 0 bridgehead atoms. The summed E-state index contributed by atoms with van der Waals surface area (Å²) in [5.74, 6) is 0.900. The molecule has 11 heteroatoms. The monoisotopic (exact) mass is 579 g/mol. The molecule has 2 aromatic carbocycles. The smallest absolute Gasteiger partial charge is 0.237 e. The van der Waals surface area contributed by atoms with Gasteiger partial charge in [0.25, 0.3) is 24.9 Å². The number of aromatic nitrogens is 3. The normalized spacial score (nSPS) is 11.8. The highest BCUT2D eigenvalue weighted by Crippen LogP contribution is 2.21. The average Bonchev–Trinajstić information content (AvgIpc) is 3.57. The van der Waals surface area contributed by atoms with Gasteiger partial charge in [0, 0.05) is 40.7 Å². The molecule has 0 saturated heterocycles. The Morgan fingerprint density at radius 3 is 1.97 bits per heavy atom. The summed E-state index contributed by atoms with van der Waals surface area (Å²) in [5.41, 5.74) is 3.59. The van der Waals surface area contributed by atoms with Crippen LogP contribution in [0.5, 0.6) is 0 Å². The first-order chi connectivity index (χ1) is 18.6. The number of nitrogens with zero attached hydrogens (tertiary/aromatic N) is 3. The molecule has 8 nitrogen and oxygen atoms in total. The van der Waals surface area contributed by atoms with Gasteiger partial charge in [-0.1, -0.05) is 35.4 Å². The molecule has 0 saturated carbocycles. The molecule has 39 heavy (non-hydrogen) atoms. The summed E-state index contributed by atoms with van der Waals surface area (Å²) in [6.45, 7) is 3.80. The average molecular weight is 580 g/mol. The van der Waals surface area contributed by atoms with Crippen LogP contribution in [0.25, 0.3) is 17.1 Å². The van der Waals surface area contributed by atoms with Crippen LogP contribution in [0.3, 0.4) is 0 Å². The highest BCUT2D eigenvalue weighted by Gasteiger charge is 2.19. The molecule has 0 unspecified atom stereocenters. The molecular formula is C28H24ClN4O4S2+. The van der Waals surface area contributed by atoms with Crippen LogP contribution in [-0.4, -0.2) is 30.8 Å². The molecule has 1 N–H and O–H groups in total. The minimum atomic E-state index is -3.58. The van der Waals surface area contributed by atoms with Crippen LogP contribution in [0.4, 0.5) is 5.82 Å². The summed E-state index contributed by atoms with van der Waals surface area (Å²) in [6.07, 6.45) is 9.61. The summed E-state index contributed by atoms with van der Waals surface area (Å²) in [7, 11) is -2.05. The molecule has 0 amide bonds. The van der Waals surface area contributed by atoms with E-state index in [2.05, 4.69) is 21.5 Å². The van der Waals surface area contributed by atoms with Gasteiger partial charge in [-0.2, -0.15) is 10.3 Å². The predicted octanol–water partition coefficient (Wildman–Crippen LogP) is 5.79. The van der Waals surface area contributed by atoms with Gasteiger partial charge in [0.15, 0.2) is 11.2 Å². The Labute approximate surface area is 232 Å². The molecule has 198 valence electrons. The van der Waals surface area contributed by atoms with Crippen LogP contribution in [0.2, 0.25) is 0 Å². The molecule has 3 aromatic heterocycles. The van der Waals surface area contributed by atoms with Crippen molar-refractivity contribution in [3.8, 4) is 0 Å². The quantitative estimate of drug-likeness (QED) is 0.213. The van der Waals surface area contributed by atoms with E-state index in [9.17, 15) is 16.8 Å². The second-order valence-corrected chi connectivity index (χ2v) is 12.8. The van der Waals surface area contributed by atoms with Crippen LogP contribution in [-0.2, 0) is 19.1 Å². The van der Waals surface area contributed by atoms with E-state index in [0.717, 1.165) is 27.9 Å². The third-order valence-electron chi connectivity index (χ3n) is 5.55. The predicted molar refractivity (Wildman–Crippen MR) is 153 cm³/mol. The van der Waals surface area contributed by atoms with Crippen molar-refractivity contribution < 1.29 is 16.8 Å². The Balaban J connectivity index is 0.000000149. The minimum Gasteiger partial charge on any atom is -0.237 e. The summed E-state index contributed by atoms with van der Waals surface area (Å²) in [6, 6.07) is 22.4. The summed E-state index contributed by atoms with van der Waals surface area (Å²) < 4.78 is 47.7. The Morgan fingerprint density at radius 2 is 1.36 bits per heavy atom. The zero-order valence-corrected chi connectivity index (χ0v) is 23.4. The molecule has 0 aliphatic carbocycles. The van der Waals surface area contributed by atoms with Gasteiger partial charge >= 0.3 is 0 Å². The van der Waals surface area contributed by atoms with Gasteiger partial charge in [0.1, 0.15) is 12.3 Å². The first-order valence-electron chi connectivity index (χ1n) is 11.6. The van der Waals surface area contributed by atoms with Gasteiger partial charge in [0.05, 0.1) is 9.79 Å². The maximum Gasteiger partial charge on any atom is 0.293 e. The number of nitrogens with one attached hydrogen (secondary N) is 1. The summed E-state index contributed by atoms with van der Waals surface area (Å²) in [4.78, 5) is 8.60. The number of hydrogen-bond acceptors (Lipinski definition) is 7. The molecule has 0 spiro atoms. The SMILES string of the molecule is Cc1ccc(S(=O)(=O)Cl)cc1.Cc1ccc(S(=O)(=O)n2ccc3cccnc32)cc1.[C+]1=Cc2cccnc2N1. The summed E-state index contributed by atoms with van der Waals surface area (Å²) in [5, 5.41) is 3.69. The molecule has 4 heterocycles. The van der Waals surface area contributed by atoms with E-state index in [1.165, 1.54) is 22.3 Å². The van der Waals surface area contributed by atoms with Crippen LogP contribution in [0.15, 0.2) is 107 Å².